The fraction of sp³-hybridized carbons (Fsp3) is 0.529. The molecule has 1 amide bonds. The van der Waals surface area contributed by atoms with Gasteiger partial charge in [0.15, 0.2) is 6.10 Å². The number of carbonyl (C=O) groups is 2. The predicted molar refractivity (Wildman–Crippen MR) is 97.3 cm³/mol. The van der Waals surface area contributed by atoms with E-state index in [1.807, 2.05) is 0 Å². The van der Waals surface area contributed by atoms with Crippen molar-refractivity contribution in [2.24, 2.45) is 5.14 Å². The highest BCUT2D eigenvalue weighted by Gasteiger charge is 2.24. The summed E-state index contributed by atoms with van der Waals surface area (Å²) in [5.74, 6) is -1.27. The van der Waals surface area contributed by atoms with E-state index in [1.54, 1.807) is 0 Å². The zero-order valence-corrected chi connectivity index (χ0v) is 16.1. The first-order valence-electron chi connectivity index (χ1n) is 8.52. The number of benzene rings is 1. The molecular weight excluding hydrogens is 380 g/mol. The number of ether oxygens (including phenoxy) is 1. The summed E-state index contributed by atoms with van der Waals surface area (Å²) >= 11 is 5.94. The Kier molecular flexibility index (Phi) is 7.02. The van der Waals surface area contributed by atoms with Crippen LogP contribution >= 0.6 is 11.6 Å². The van der Waals surface area contributed by atoms with E-state index >= 15 is 0 Å². The molecule has 144 valence electrons. The smallest absolute Gasteiger partial charge is 0.340 e. The Balaban J connectivity index is 2.03. The highest BCUT2D eigenvalue weighted by Crippen LogP contribution is 2.22. The van der Waals surface area contributed by atoms with E-state index < -0.39 is 22.1 Å². The molecule has 0 bridgehead atoms. The lowest BCUT2D eigenvalue weighted by Gasteiger charge is -2.20. The first kappa shape index (κ1) is 20.7. The van der Waals surface area contributed by atoms with Crippen LogP contribution < -0.4 is 10.5 Å². The van der Waals surface area contributed by atoms with Crippen LogP contribution in [0.15, 0.2) is 23.1 Å². The SMILES string of the molecule is C[C@H](OC(=O)c1cc(S(N)(=O)=O)ccc1Cl)C(=O)NC1CCCCCC1. The Morgan fingerprint density at radius 2 is 1.85 bits per heavy atom. The Morgan fingerprint density at radius 1 is 1.23 bits per heavy atom. The van der Waals surface area contributed by atoms with Gasteiger partial charge in [-0.15, -0.1) is 0 Å². The van der Waals surface area contributed by atoms with Gasteiger partial charge in [0, 0.05) is 6.04 Å². The molecule has 26 heavy (non-hydrogen) atoms. The van der Waals surface area contributed by atoms with Crippen molar-refractivity contribution in [1.82, 2.24) is 5.32 Å². The van der Waals surface area contributed by atoms with Gasteiger partial charge >= 0.3 is 5.97 Å². The molecule has 0 unspecified atom stereocenters. The average molecular weight is 403 g/mol. The molecule has 1 aromatic carbocycles. The lowest BCUT2D eigenvalue weighted by atomic mass is 10.1. The van der Waals surface area contributed by atoms with Crippen molar-refractivity contribution < 1.29 is 22.7 Å². The van der Waals surface area contributed by atoms with Gasteiger partial charge in [-0.3, -0.25) is 4.79 Å². The fourth-order valence-corrected chi connectivity index (χ4v) is 3.59. The summed E-state index contributed by atoms with van der Waals surface area (Å²) in [6.07, 6.45) is 5.25. The average Bonchev–Trinajstić information content (AvgIpc) is 2.82. The Bertz CT molecular complexity index is 773. The van der Waals surface area contributed by atoms with Gasteiger partial charge in [0.2, 0.25) is 10.0 Å². The van der Waals surface area contributed by atoms with Crippen LogP contribution in [0.25, 0.3) is 0 Å². The van der Waals surface area contributed by atoms with Gasteiger partial charge in [-0.1, -0.05) is 37.3 Å². The third kappa shape index (κ3) is 5.69. The number of hydrogen-bond acceptors (Lipinski definition) is 5. The summed E-state index contributed by atoms with van der Waals surface area (Å²) in [5, 5.41) is 7.97. The van der Waals surface area contributed by atoms with Gasteiger partial charge in [0.05, 0.1) is 15.5 Å². The zero-order chi connectivity index (χ0) is 19.3. The first-order valence-corrected chi connectivity index (χ1v) is 10.4. The van der Waals surface area contributed by atoms with Crippen molar-refractivity contribution in [2.45, 2.75) is 62.5 Å². The second kappa shape index (κ2) is 8.83. The van der Waals surface area contributed by atoms with E-state index in [2.05, 4.69) is 5.32 Å². The summed E-state index contributed by atoms with van der Waals surface area (Å²) in [6, 6.07) is 3.56. The Labute approximate surface area is 158 Å². The molecular formula is C17H23ClN2O5S. The lowest BCUT2D eigenvalue weighted by molar-refractivity contribution is -0.129. The number of primary sulfonamides is 1. The molecule has 0 radical (unpaired) electrons. The number of hydrogen-bond donors (Lipinski definition) is 2. The topological polar surface area (TPSA) is 116 Å². The van der Waals surface area contributed by atoms with Crippen LogP contribution in [0.5, 0.6) is 0 Å². The number of carbonyl (C=O) groups excluding carboxylic acids is 2. The summed E-state index contributed by atoms with van der Waals surface area (Å²) < 4.78 is 28.0. The van der Waals surface area contributed by atoms with Crippen molar-refractivity contribution in [3.05, 3.63) is 28.8 Å². The minimum Gasteiger partial charge on any atom is -0.449 e. The van der Waals surface area contributed by atoms with E-state index in [4.69, 9.17) is 21.5 Å². The minimum absolute atomic E-state index is 0.0128. The summed E-state index contributed by atoms with van der Waals surface area (Å²) in [5.41, 5.74) is -0.160. The second-order valence-corrected chi connectivity index (χ2v) is 8.40. The van der Waals surface area contributed by atoms with E-state index in [-0.39, 0.29) is 27.4 Å². The van der Waals surface area contributed by atoms with Crippen molar-refractivity contribution in [2.75, 3.05) is 0 Å². The summed E-state index contributed by atoms with van der Waals surface area (Å²) in [4.78, 5) is 24.3. The number of halogens is 1. The molecule has 0 aromatic heterocycles. The van der Waals surface area contributed by atoms with Crippen LogP contribution in [0.1, 0.15) is 55.8 Å². The molecule has 3 N–H and O–H groups in total. The monoisotopic (exact) mass is 402 g/mol. The molecule has 0 spiro atoms. The van der Waals surface area contributed by atoms with Gasteiger partial charge in [-0.2, -0.15) is 0 Å². The van der Waals surface area contributed by atoms with Gasteiger partial charge in [0.1, 0.15) is 0 Å². The van der Waals surface area contributed by atoms with E-state index in [9.17, 15) is 18.0 Å². The van der Waals surface area contributed by atoms with Crippen molar-refractivity contribution in [1.29, 1.82) is 0 Å². The summed E-state index contributed by atoms with van der Waals surface area (Å²) in [6.45, 7) is 1.46. The molecule has 1 fully saturated rings. The molecule has 1 aromatic rings. The van der Waals surface area contributed by atoms with Crippen LogP contribution in [0.3, 0.4) is 0 Å². The minimum atomic E-state index is -3.99. The maximum atomic E-state index is 12.3. The molecule has 0 saturated heterocycles. The molecule has 7 nitrogen and oxygen atoms in total. The fourth-order valence-electron chi connectivity index (χ4n) is 2.86. The zero-order valence-electron chi connectivity index (χ0n) is 14.5. The molecule has 1 atom stereocenters. The van der Waals surface area contributed by atoms with Crippen LogP contribution in [0, 0.1) is 0 Å². The standard InChI is InChI=1S/C17H23ClN2O5S/c1-11(16(21)20-12-6-4-2-3-5-7-12)25-17(22)14-10-13(26(19,23)24)8-9-15(14)18/h8-12H,2-7H2,1H3,(H,20,21)(H2,19,23,24)/t11-/m0/s1. The predicted octanol–water partition coefficient (Wildman–Crippen LogP) is 2.37. The largest absolute Gasteiger partial charge is 0.449 e. The highest BCUT2D eigenvalue weighted by atomic mass is 35.5. The molecule has 1 aliphatic carbocycles. The molecule has 0 heterocycles. The summed E-state index contributed by atoms with van der Waals surface area (Å²) in [7, 11) is -3.99. The van der Waals surface area contributed by atoms with Gasteiger partial charge in [-0.05, 0) is 38.0 Å². The normalized spacial score (nSPS) is 17.2. The Hall–Kier alpha value is -1.64. The van der Waals surface area contributed by atoms with E-state index in [0.29, 0.717) is 0 Å². The van der Waals surface area contributed by atoms with Crippen LogP contribution in [-0.4, -0.2) is 32.4 Å². The maximum Gasteiger partial charge on any atom is 0.340 e. The molecule has 9 heteroatoms. The van der Waals surface area contributed by atoms with Gasteiger partial charge in [0.25, 0.3) is 5.91 Å². The molecule has 1 saturated carbocycles. The van der Waals surface area contributed by atoms with Gasteiger partial charge in [-0.25, -0.2) is 18.4 Å². The molecule has 2 rings (SSSR count). The van der Waals surface area contributed by atoms with Crippen molar-refractivity contribution in [3.8, 4) is 0 Å². The quantitative estimate of drug-likeness (QED) is 0.579. The van der Waals surface area contributed by atoms with Crippen LogP contribution in [0.4, 0.5) is 0 Å². The molecule has 0 aliphatic heterocycles. The maximum absolute atomic E-state index is 12.3. The number of amides is 1. The van der Waals surface area contributed by atoms with Crippen LogP contribution in [0.2, 0.25) is 5.02 Å². The van der Waals surface area contributed by atoms with E-state index in [0.717, 1.165) is 44.6 Å². The lowest BCUT2D eigenvalue weighted by Crippen LogP contribution is -2.41. The number of esters is 1. The number of rotatable bonds is 5. The van der Waals surface area contributed by atoms with Gasteiger partial charge < -0.3 is 10.1 Å². The third-order valence-corrected chi connectivity index (χ3v) is 5.58. The number of sulfonamides is 1. The highest BCUT2D eigenvalue weighted by molar-refractivity contribution is 7.89. The third-order valence-electron chi connectivity index (χ3n) is 4.34. The first-order chi connectivity index (χ1) is 12.2. The number of nitrogens with one attached hydrogen (secondary N) is 1. The number of nitrogens with two attached hydrogens (primary N) is 1. The van der Waals surface area contributed by atoms with Crippen molar-refractivity contribution in [3.63, 3.8) is 0 Å². The van der Waals surface area contributed by atoms with Crippen LogP contribution in [-0.2, 0) is 19.6 Å². The Morgan fingerprint density at radius 3 is 2.42 bits per heavy atom. The second-order valence-electron chi connectivity index (χ2n) is 6.43. The molecule has 1 aliphatic rings. The van der Waals surface area contributed by atoms with E-state index in [1.165, 1.54) is 19.1 Å². The van der Waals surface area contributed by atoms with Crippen molar-refractivity contribution >= 4 is 33.5 Å².